The van der Waals surface area contributed by atoms with Gasteiger partial charge in [-0.1, -0.05) is 6.92 Å². The highest BCUT2D eigenvalue weighted by atomic mass is 32.1. The van der Waals surface area contributed by atoms with Crippen LogP contribution >= 0.6 is 12.2 Å². The second-order valence-corrected chi connectivity index (χ2v) is 3.35. The predicted octanol–water partition coefficient (Wildman–Crippen LogP) is 1.85. The van der Waals surface area contributed by atoms with Crippen molar-refractivity contribution in [2.75, 3.05) is 13.7 Å². The third-order valence-corrected chi connectivity index (χ3v) is 2.36. The van der Waals surface area contributed by atoms with Crippen molar-refractivity contribution in [2.24, 2.45) is 0 Å². The molecule has 0 amide bonds. The maximum Gasteiger partial charge on any atom is 0.195 e. The predicted molar refractivity (Wildman–Crippen MR) is 53.4 cm³/mol. The number of hydrogen-bond acceptors (Lipinski definition) is 3. The van der Waals surface area contributed by atoms with Crippen molar-refractivity contribution in [3.05, 3.63) is 10.6 Å². The molecule has 74 valence electrons. The Labute approximate surface area is 82.9 Å². The summed E-state index contributed by atoms with van der Waals surface area (Å²) >= 11 is 5.12. The van der Waals surface area contributed by atoms with Crippen LogP contribution in [0.3, 0.4) is 0 Å². The highest BCUT2D eigenvalue weighted by molar-refractivity contribution is 7.71. The highest BCUT2D eigenvalue weighted by Gasteiger charge is 2.12. The Kier molecular flexibility index (Phi) is 3.62. The van der Waals surface area contributed by atoms with Crippen LogP contribution in [0.2, 0.25) is 0 Å². The first-order valence-electron chi connectivity index (χ1n) is 4.33. The smallest absolute Gasteiger partial charge is 0.195 e. The van der Waals surface area contributed by atoms with Gasteiger partial charge in [0, 0.05) is 7.11 Å². The number of ether oxygens (including phenoxy) is 1. The Hall–Kier alpha value is -0.680. The molecule has 0 spiro atoms. The van der Waals surface area contributed by atoms with Crippen molar-refractivity contribution >= 4 is 12.2 Å². The summed E-state index contributed by atoms with van der Waals surface area (Å²) in [6.45, 7) is 4.72. The molecule has 1 atom stereocenters. The highest BCUT2D eigenvalue weighted by Crippen LogP contribution is 2.13. The number of aromatic amines is 1. The molecule has 1 aromatic heterocycles. The monoisotopic (exact) mass is 201 g/mol. The van der Waals surface area contributed by atoms with Gasteiger partial charge in [-0.2, -0.15) is 5.10 Å². The molecule has 0 radical (unpaired) electrons. The van der Waals surface area contributed by atoms with Gasteiger partial charge in [-0.25, -0.2) is 0 Å². The molecular weight excluding hydrogens is 186 g/mol. The number of nitrogens with zero attached hydrogens (tertiary/aromatic N) is 2. The number of aromatic nitrogens is 3. The molecular formula is C8H15N3OS. The van der Waals surface area contributed by atoms with Gasteiger partial charge in [-0.05, 0) is 25.6 Å². The summed E-state index contributed by atoms with van der Waals surface area (Å²) in [7, 11) is 1.70. The van der Waals surface area contributed by atoms with Gasteiger partial charge in [0.25, 0.3) is 0 Å². The largest absolute Gasteiger partial charge is 0.383 e. The summed E-state index contributed by atoms with van der Waals surface area (Å²) < 4.78 is 7.79. The molecule has 1 heterocycles. The number of hydrogen-bond donors (Lipinski definition) is 1. The zero-order valence-electron chi connectivity index (χ0n) is 8.20. The third kappa shape index (κ3) is 2.16. The molecule has 0 aliphatic rings. The van der Waals surface area contributed by atoms with Gasteiger partial charge in [-0.15, -0.1) is 0 Å². The fraction of sp³-hybridized carbons (Fsp3) is 0.750. The molecule has 1 rings (SSSR count). The molecule has 0 bridgehead atoms. The molecule has 1 aromatic rings. The maximum atomic E-state index is 5.12. The zero-order valence-corrected chi connectivity index (χ0v) is 9.02. The number of aryl methyl sites for hydroxylation is 1. The lowest BCUT2D eigenvalue weighted by molar-refractivity contribution is 0.151. The molecule has 0 saturated carbocycles. The number of H-pyrrole nitrogens is 1. The van der Waals surface area contributed by atoms with E-state index < -0.39 is 0 Å². The van der Waals surface area contributed by atoms with E-state index in [0.29, 0.717) is 11.4 Å². The SMILES string of the molecule is CCC(COC)n1c(C)n[nH]c1=S. The van der Waals surface area contributed by atoms with Gasteiger partial charge in [-0.3, -0.25) is 9.67 Å². The Morgan fingerprint density at radius 2 is 2.38 bits per heavy atom. The molecule has 4 nitrogen and oxygen atoms in total. The van der Waals surface area contributed by atoms with Crippen LogP contribution in [-0.2, 0) is 4.74 Å². The van der Waals surface area contributed by atoms with E-state index in [1.165, 1.54) is 0 Å². The molecule has 0 fully saturated rings. The van der Waals surface area contributed by atoms with Crippen LogP contribution in [0, 0.1) is 11.7 Å². The van der Waals surface area contributed by atoms with E-state index in [-0.39, 0.29) is 6.04 Å². The van der Waals surface area contributed by atoms with E-state index in [4.69, 9.17) is 17.0 Å². The molecule has 0 aromatic carbocycles. The van der Waals surface area contributed by atoms with Crippen LogP contribution in [0.25, 0.3) is 0 Å². The van der Waals surface area contributed by atoms with Gasteiger partial charge in [0.2, 0.25) is 0 Å². The second-order valence-electron chi connectivity index (χ2n) is 2.96. The van der Waals surface area contributed by atoms with Crippen LogP contribution in [0.5, 0.6) is 0 Å². The molecule has 13 heavy (non-hydrogen) atoms. The maximum absolute atomic E-state index is 5.12. The fourth-order valence-electron chi connectivity index (χ4n) is 1.38. The average molecular weight is 201 g/mol. The zero-order chi connectivity index (χ0) is 9.84. The first-order chi connectivity index (χ1) is 6.20. The van der Waals surface area contributed by atoms with E-state index in [1.54, 1.807) is 7.11 Å². The molecule has 1 N–H and O–H groups in total. The van der Waals surface area contributed by atoms with Gasteiger partial charge in [0.15, 0.2) is 4.77 Å². The quantitative estimate of drug-likeness (QED) is 0.756. The first kappa shape index (κ1) is 10.4. The van der Waals surface area contributed by atoms with E-state index in [0.717, 1.165) is 12.2 Å². The summed E-state index contributed by atoms with van der Waals surface area (Å²) in [6.07, 6.45) is 0.989. The molecule has 0 aliphatic carbocycles. The average Bonchev–Trinajstić information content (AvgIpc) is 2.43. The summed E-state index contributed by atoms with van der Waals surface area (Å²) in [5.74, 6) is 0.911. The van der Waals surface area contributed by atoms with E-state index >= 15 is 0 Å². The number of nitrogens with one attached hydrogen (secondary N) is 1. The first-order valence-corrected chi connectivity index (χ1v) is 4.74. The van der Waals surface area contributed by atoms with E-state index in [9.17, 15) is 0 Å². The minimum Gasteiger partial charge on any atom is -0.383 e. The van der Waals surface area contributed by atoms with Crippen LogP contribution in [0.15, 0.2) is 0 Å². The Balaban J connectivity index is 2.96. The molecule has 0 saturated heterocycles. The van der Waals surface area contributed by atoms with Gasteiger partial charge < -0.3 is 4.74 Å². The Bertz CT molecular complexity index is 317. The lowest BCUT2D eigenvalue weighted by atomic mass is 10.2. The van der Waals surface area contributed by atoms with Crippen molar-refractivity contribution in [1.29, 1.82) is 0 Å². The summed E-state index contributed by atoms with van der Waals surface area (Å²) in [5.41, 5.74) is 0. The van der Waals surface area contributed by atoms with Crippen molar-refractivity contribution in [1.82, 2.24) is 14.8 Å². The fourth-order valence-corrected chi connectivity index (χ4v) is 1.71. The molecule has 5 heteroatoms. The summed E-state index contributed by atoms with van der Waals surface area (Å²) in [6, 6.07) is 0.288. The molecule has 0 aliphatic heterocycles. The van der Waals surface area contributed by atoms with E-state index in [2.05, 4.69) is 17.1 Å². The summed E-state index contributed by atoms with van der Waals surface area (Å²) in [4.78, 5) is 0. The summed E-state index contributed by atoms with van der Waals surface area (Å²) in [5, 5.41) is 6.83. The van der Waals surface area contributed by atoms with Gasteiger partial charge >= 0.3 is 0 Å². The van der Waals surface area contributed by atoms with Crippen LogP contribution < -0.4 is 0 Å². The van der Waals surface area contributed by atoms with Crippen LogP contribution in [0.1, 0.15) is 25.2 Å². The van der Waals surface area contributed by atoms with Crippen LogP contribution in [-0.4, -0.2) is 28.5 Å². The Morgan fingerprint density at radius 1 is 1.69 bits per heavy atom. The third-order valence-electron chi connectivity index (χ3n) is 2.08. The Morgan fingerprint density at radius 3 is 2.77 bits per heavy atom. The molecule has 1 unspecified atom stereocenters. The van der Waals surface area contributed by atoms with Crippen LogP contribution in [0.4, 0.5) is 0 Å². The number of methoxy groups -OCH3 is 1. The van der Waals surface area contributed by atoms with E-state index in [1.807, 2.05) is 11.5 Å². The van der Waals surface area contributed by atoms with Crippen molar-refractivity contribution in [3.8, 4) is 0 Å². The topological polar surface area (TPSA) is 42.8 Å². The minimum atomic E-state index is 0.288. The van der Waals surface area contributed by atoms with Gasteiger partial charge in [0.05, 0.1) is 12.6 Å². The minimum absolute atomic E-state index is 0.288. The van der Waals surface area contributed by atoms with Crippen molar-refractivity contribution in [3.63, 3.8) is 0 Å². The standard InChI is InChI=1S/C8H15N3OS/c1-4-7(5-12-3)11-6(2)9-10-8(11)13/h7H,4-5H2,1-3H3,(H,10,13). The van der Waals surface area contributed by atoms with Crippen molar-refractivity contribution < 1.29 is 4.74 Å². The normalized spacial score (nSPS) is 13.2. The van der Waals surface area contributed by atoms with Crippen molar-refractivity contribution in [2.45, 2.75) is 26.3 Å². The number of rotatable bonds is 4. The lowest BCUT2D eigenvalue weighted by Gasteiger charge is -2.16. The lowest BCUT2D eigenvalue weighted by Crippen LogP contribution is -2.15. The second kappa shape index (κ2) is 4.53. The van der Waals surface area contributed by atoms with Gasteiger partial charge in [0.1, 0.15) is 5.82 Å².